The van der Waals surface area contributed by atoms with Crippen LogP contribution < -0.4 is 14.4 Å². The van der Waals surface area contributed by atoms with Gasteiger partial charge in [0.25, 0.3) is 10.0 Å². The molecule has 1 aliphatic carbocycles. The smallest absolute Gasteiger partial charge is 0.264 e. The van der Waals surface area contributed by atoms with Gasteiger partial charge in [0.05, 0.1) is 17.7 Å². The molecule has 1 fully saturated rings. The van der Waals surface area contributed by atoms with Crippen molar-refractivity contribution in [1.82, 2.24) is 10.2 Å². The molecular weight excluding hydrogens is 629 g/mol. The molecule has 1 unspecified atom stereocenters. The van der Waals surface area contributed by atoms with E-state index in [9.17, 15) is 18.0 Å². The molecule has 10 heteroatoms. The quantitative estimate of drug-likeness (QED) is 0.177. The average Bonchev–Trinajstić information content (AvgIpc) is 3.10. The number of benzene rings is 4. The Morgan fingerprint density at radius 1 is 0.875 bits per heavy atom. The van der Waals surface area contributed by atoms with Gasteiger partial charge in [-0.2, -0.15) is 0 Å². The summed E-state index contributed by atoms with van der Waals surface area (Å²) in [6.45, 7) is 0.994. The number of nitrogens with one attached hydrogen (secondary N) is 1. The molecule has 252 valence electrons. The molecule has 0 heterocycles. The molecule has 4 aromatic carbocycles. The van der Waals surface area contributed by atoms with Gasteiger partial charge in [0, 0.05) is 24.6 Å². The summed E-state index contributed by atoms with van der Waals surface area (Å²) in [6.07, 6.45) is 4.94. The van der Waals surface area contributed by atoms with Gasteiger partial charge in [-0.25, -0.2) is 12.8 Å². The fourth-order valence-corrected chi connectivity index (χ4v) is 7.44. The number of halogens is 1. The normalized spacial score (nSPS) is 14.1. The Hall–Kier alpha value is -4.70. The van der Waals surface area contributed by atoms with E-state index < -0.39 is 34.3 Å². The number of amides is 2. The third-order valence-corrected chi connectivity index (χ3v) is 10.6. The lowest BCUT2D eigenvalue weighted by Crippen LogP contribution is -2.55. The highest BCUT2D eigenvalue weighted by molar-refractivity contribution is 7.92. The largest absolute Gasteiger partial charge is 0.497 e. The van der Waals surface area contributed by atoms with Crippen molar-refractivity contribution in [1.29, 1.82) is 0 Å². The van der Waals surface area contributed by atoms with Crippen LogP contribution in [0.2, 0.25) is 0 Å². The zero-order valence-corrected chi connectivity index (χ0v) is 28.2. The minimum absolute atomic E-state index is 0.00764. The van der Waals surface area contributed by atoms with Gasteiger partial charge >= 0.3 is 0 Å². The zero-order valence-electron chi connectivity index (χ0n) is 27.3. The lowest BCUT2D eigenvalue weighted by molar-refractivity contribution is -0.140. The molecule has 48 heavy (non-hydrogen) atoms. The standard InChI is InChI=1S/C38H42FN3O5S/c1-28-17-23-34(24-18-28)48(45,46)42(32-19-21-33(47-2)22-20-32)27-37(43)41(26-30-13-9-10-16-35(30)39)36(25-29-11-5-3-6-12-29)38(44)40-31-14-7-4-8-15-31/h3,5-6,9-13,16-24,31,36H,4,7-8,14-15,25-27H2,1-2H3,(H,40,44). The first-order valence-corrected chi connectivity index (χ1v) is 17.7. The third-order valence-electron chi connectivity index (χ3n) is 8.77. The van der Waals surface area contributed by atoms with Gasteiger partial charge in [-0.05, 0) is 67.8 Å². The highest BCUT2D eigenvalue weighted by Gasteiger charge is 2.35. The van der Waals surface area contributed by atoms with Crippen LogP contribution >= 0.6 is 0 Å². The second-order valence-electron chi connectivity index (χ2n) is 12.2. The first-order valence-electron chi connectivity index (χ1n) is 16.3. The van der Waals surface area contributed by atoms with Crippen LogP contribution in [0.25, 0.3) is 0 Å². The first-order chi connectivity index (χ1) is 23.2. The van der Waals surface area contributed by atoms with Crippen molar-refractivity contribution >= 4 is 27.5 Å². The zero-order chi connectivity index (χ0) is 34.1. The highest BCUT2D eigenvalue weighted by atomic mass is 32.2. The Bertz CT molecular complexity index is 1780. The van der Waals surface area contributed by atoms with Crippen LogP contribution in [0.15, 0.2) is 108 Å². The summed E-state index contributed by atoms with van der Waals surface area (Å²) in [5, 5.41) is 3.16. The molecule has 1 N–H and O–H groups in total. The van der Waals surface area contributed by atoms with Crippen LogP contribution in [0.1, 0.15) is 48.8 Å². The molecule has 0 saturated heterocycles. The predicted molar refractivity (Wildman–Crippen MR) is 185 cm³/mol. The van der Waals surface area contributed by atoms with E-state index >= 15 is 4.39 Å². The monoisotopic (exact) mass is 671 g/mol. The number of methoxy groups -OCH3 is 1. The maximum atomic E-state index is 15.2. The minimum Gasteiger partial charge on any atom is -0.497 e. The summed E-state index contributed by atoms with van der Waals surface area (Å²) in [7, 11) is -2.75. The molecular formula is C38H42FN3O5S. The van der Waals surface area contributed by atoms with E-state index in [1.54, 1.807) is 54.6 Å². The van der Waals surface area contributed by atoms with Gasteiger partial charge in [0.2, 0.25) is 11.8 Å². The summed E-state index contributed by atoms with van der Waals surface area (Å²) in [6, 6.07) is 27.1. The summed E-state index contributed by atoms with van der Waals surface area (Å²) in [5.74, 6) is -1.01. The summed E-state index contributed by atoms with van der Waals surface area (Å²) in [5.41, 5.74) is 2.14. The second kappa shape index (κ2) is 15.9. The molecule has 1 atom stereocenters. The van der Waals surface area contributed by atoms with E-state index in [0.717, 1.165) is 47.5 Å². The van der Waals surface area contributed by atoms with Crippen molar-refractivity contribution in [3.8, 4) is 5.75 Å². The van der Waals surface area contributed by atoms with Crippen LogP contribution in [0.4, 0.5) is 10.1 Å². The fraction of sp³-hybridized carbons (Fsp3) is 0.316. The van der Waals surface area contributed by atoms with Crippen LogP contribution in [0, 0.1) is 12.7 Å². The number of carbonyl (C=O) groups excluding carboxylic acids is 2. The lowest BCUT2D eigenvalue weighted by atomic mass is 9.94. The predicted octanol–water partition coefficient (Wildman–Crippen LogP) is 6.43. The number of ether oxygens (including phenoxy) is 1. The maximum absolute atomic E-state index is 15.2. The van der Waals surface area contributed by atoms with E-state index in [4.69, 9.17) is 4.74 Å². The molecule has 0 bridgehead atoms. The SMILES string of the molecule is COc1ccc(N(CC(=O)N(Cc2ccccc2F)C(Cc2ccccc2)C(=O)NC2CCCCC2)S(=O)(=O)c2ccc(C)cc2)cc1. The van der Waals surface area contributed by atoms with Crippen LogP contribution in [-0.4, -0.2) is 50.9 Å². The van der Waals surface area contributed by atoms with Crippen molar-refractivity contribution in [2.24, 2.45) is 0 Å². The van der Waals surface area contributed by atoms with Crippen molar-refractivity contribution in [2.75, 3.05) is 18.0 Å². The van der Waals surface area contributed by atoms with Gasteiger partial charge < -0.3 is 15.0 Å². The molecule has 1 aliphatic rings. The van der Waals surface area contributed by atoms with Gasteiger partial charge in [-0.3, -0.25) is 13.9 Å². The van der Waals surface area contributed by atoms with E-state index in [-0.39, 0.29) is 41.1 Å². The van der Waals surface area contributed by atoms with Gasteiger partial charge in [-0.15, -0.1) is 0 Å². The van der Waals surface area contributed by atoms with Crippen molar-refractivity contribution < 1.29 is 27.1 Å². The van der Waals surface area contributed by atoms with E-state index in [1.165, 1.54) is 30.2 Å². The molecule has 8 nitrogen and oxygen atoms in total. The van der Waals surface area contributed by atoms with Gasteiger partial charge in [-0.1, -0.05) is 85.5 Å². The Morgan fingerprint density at radius 3 is 2.17 bits per heavy atom. The summed E-state index contributed by atoms with van der Waals surface area (Å²) >= 11 is 0. The number of hydrogen-bond donors (Lipinski definition) is 1. The van der Waals surface area contributed by atoms with E-state index in [2.05, 4.69) is 5.32 Å². The topological polar surface area (TPSA) is 96.0 Å². The highest BCUT2D eigenvalue weighted by Crippen LogP contribution is 2.28. The molecule has 0 aromatic heterocycles. The maximum Gasteiger partial charge on any atom is 0.264 e. The van der Waals surface area contributed by atoms with Crippen molar-refractivity contribution in [3.05, 3.63) is 126 Å². The summed E-state index contributed by atoms with van der Waals surface area (Å²) < 4.78 is 49.9. The number of nitrogens with zero attached hydrogens (tertiary/aromatic N) is 2. The average molecular weight is 672 g/mol. The lowest BCUT2D eigenvalue weighted by Gasteiger charge is -2.35. The molecule has 0 spiro atoms. The third kappa shape index (κ3) is 8.60. The van der Waals surface area contributed by atoms with Crippen molar-refractivity contribution in [3.63, 3.8) is 0 Å². The molecule has 2 amide bonds. The Balaban J connectivity index is 1.57. The Morgan fingerprint density at radius 2 is 1.52 bits per heavy atom. The van der Waals surface area contributed by atoms with Gasteiger partial charge in [0.15, 0.2) is 0 Å². The van der Waals surface area contributed by atoms with Crippen LogP contribution in [0.3, 0.4) is 0 Å². The first kappa shape index (κ1) is 34.6. The van der Waals surface area contributed by atoms with Gasteiger partial charge in [0.1, 0.15) is 24.2 Å². The summed E-state index contributed by atoms with van der Waals surface area (Å²) in [4.78, 5) is 30.1. The van der Waals surface area contributed by atoms with Crippen LogP contribution in [-0.2, 0) is 32.6 Å². The minimum atomic E-state index is -4.26. The number of sulfonamides is 1. The fourth-order valence-electron chi connectivity index (χ4n) is 6.02. The molecule has 5 rings (SSSR count). The van der Waals surface area contributed by atoms with E-state index in [1.807, 2.05) is 37.3 Å². The molecule has 4 aromatic rings. The molecule has 0 aliphatic heterocycles. The van der Waals surface area contributed by atoms with Crippen molar-refractivity contribution in [2.45, 2.75) is 69.0 Å². The number of rotatable bonds is 13. The molecule has 1 saturated carbocycles. The number of aryl methyl sites for hydroxylation is 1. The van der Waals surface area contributed by atoms with Crippen LogP contribution in [0.5, 0.6) is 5.75 Å². The van der Waals surface area contributed by atoms with E-state index in [0.29, 0.717) is 5.75 Å². The Kier molecular flexibility index (Phi) is 11.5. The number of carbonyl (C=O) groups is 2. The molecule has 0 radical (unpaired) electrons. The number of hydrogen-bond acceptors (Lipinski definition) is 5. The number of anilines is 1. The Labute approximate surface area is 282 Å². The second-order valence-corrected chi connectivity index (χ2v) is 14.0.